The number of carbonyl (C=O) groups is 2. The fourth-order valence-electron chi connectivity index (χ4n) is 4.24. The predicted octanol–water partition coefficient (Wildman–Crippen LogP) is 1.33. The molecule has 0 unspecified atom stereocenters. The van der Waals surface area contributed by atoms with E-state index in [1.807, 2.05) is 40.6 Å². The van der Waals surface area contributed by atoms with Crippen molar-refractivity contribution >= 4 is 40.0 Å². The Balaban J connectivity index is 1.34. The molecular weight excluding hydrogens is 456 g/mol. The summed E-state index contributed by atoms with van der Waals surface area (Å²) in [6.45, 7) is 0.997. The average molecular weight is 479 g/mol. The number of aryl methyl sites for hydroxylation is 1. The summed E-state index contributed by atoms with van der Waals surface area (Å²) in [5.74, 6) is -0.324. The molecule has 0 aliphatic carbocycles. The van der Waals surface area contributed by atoms with Gasteiger partial charge in [0.25, 0.3) is 11.5 Å². The van der Waals surface area contributed by atoms with Crippen molar-refractivity contribution in [3.63, 3.8) is 0 Å². The lowest BCUT2D eigenvalue weighted by Crippen LogP contribution is -2.37. The summed E-state index contributed by atoms with van der Waals surface area (Å²) in [4.78, 5) is 56.8. The highest BCUT2D eigenvalue weighted by atomic mass is 32.1. The first kappa shape index (κ1) is 21.8. The second-order valence-electron chi connectivity index (χ2n) is 8.24. The molecule has 3 aromatic heterocycles. The first-order valence-corrected chi connectivity index (χ1v) is 11.6. The summed E-state index contributed by atoms with van der Waals surface area (Å²) in [5, 5.41) is 4.75. The molecule has 4 heterocycles. The van der Waals surface area contributed by atoms with E-state index in [0.29, 0.717) is 23.7 Å². The quantitative estimate of drug-likeness (QED) is 0.476. The van der Waals surface area contributed by atoms with E-state index in [0.717, 1.165) is 22.1 Å². The van der Waals surface area contributed by atoms with Crippen molar-refractivity contribution < 1.29 is 9.59 Å². The molecule has 0 atom stereocenters. The Labute approximate surface area is 197 Å². The zero-order chi connectivity index (χ0) is 24.0. The van der Waals surface area contributed by atoms with Crippen molar-refractivity contribution in [3.05, 3.63) is 78.9 Å². The van der Waals surface area contributed by atoms with Crippen LogP contribution in [0.4, 0.5) is 5.69 Å². The zero-order valence-corrected chi connectivity index (χ0v) is 19.5. The Kier molecular flexibility index (Phi) is 5.40. The maximum Gasteiger partial charge on any atom is 0.332 e. The molecule has 0 radical (unpaired) electrons. The second-order valence-corrected chi connectivity index (χ2v) is 9.18. The van der Waals surface area contributed by atoms with Gasteiger partial charge in [0, 0.05) is 32.9 Å². The number of benzene rings is 1. The van der Waals surface area contributed by atoms with Gasteiger partial charge in [0.2, 0.25) is 5.91 Å². The minimum absolute atomic E-state index is 0.0121. The number of amides is 2. The van der Waals surface area contributed by atoms with Crippen LogP contribution in [-0.2, 0) is 38.4 Å². The third-order valence-corrected chi connectivity index (χ3v) is 6.91. The number of carbonyl (C=O) groups excluding carboxylic acids is 2. The minimum atomic E-state index is -0.507. The smallest absolute Gasteiger partial charge is 0.332 e. The predicted molar refractivity (Wildman–Crippen MR) is 128 cm³/mol. The number of imidazole rings is 1. The number of rotatable bonds is 4. The highest BCUT2D eigenvalue weighted by molar-refractivity contribution is 7.12. The topological polar surface area (TPSA) is 111 Å². The van der Waals surface area contributed by atoms with E-state index < -0.39 is 11.2 Å². The van der Waals surface area contributed by atoms with E-state index >= 15 is 0 Å². The van der Waals surface area contributed by atoms with E-state index in [4.69, 9.17) is 0 Å². The number of hydrogen-bond donors (Lipinski definition) is 1. The molecule has 0 bridgehead atoms. The second kappa shape index (κ2) is 8.41. The number of fused-ring (bicyclic) bond motifs is 2. The molecule has 34 heavy (non-hydrogen) atoms. The number of anilines is 1. The van der Waals surface area contributed by atoms with Crippen LogP contribution >= 0.6 is 11.3 Å². The fraction of sp³-hybridized carbons (Fsp3) is 0.261. The molecule has 1 aliphatic heterocycles. The lowest BCUT2D eigenvalue weighted by molar-refractivity contribution is -0.116. The summed E-state index contributed by atoms with van der Waals surface area (Å²) in [6, 6.07) is 9.38. The van der Waals surface area contributed by atoms with E-state index in [2.05, 4.69) is 10.3 Å². The van der Waals surface area contributed by atoms with Gasteiger partial charge in [-0.3, -0.25) is 23.5 Å². The Bertz CT molecular complexity index is 1550. The molecule has 1 aliphatic rings. The first-order valence-electron chi connectivity index (χ1n) is 10.7. The summed E-state index contributed by atoms with van der Waals surface area (Å²) < 4.78 is 3.70. The third-order valence-electron chi connectivity index (χ3n) is 6.05. The van der Waals surface area contributed by atoms with Gasteiger partial charge in [-0.25, -0.2) is 9.78 Å². The van der Waals surface area contributed by atoms with Crippen molar-refractivity contribution in [3.8, 4) is 0 Å². The van der Waals surface area contributed by atoms with E-state index in [1.165, 1.54) is 40.9 Å². The highest BCUT2D eigenvalue weighted by Crippen LogP contribution is 2.25. The van der Waals surface area contributed by atoms with E-state index in [-0.39, 0.29) is 29.5 Å². The minimum Gasteiger partial charge on any atom is -0.333 e. The Morgan fingerprint density at radius 3 is 2.71 bits per heavy atom. The molecule has 11 heteroatoms. The summed E-state index contributed by atoms with van der Waals surface area (Å²) in [7, 11) is 2.92. The molecule has 1 N–H and O–H groups in total. The van der Waals surface area contributed by atoms with Gasteiger partial charge in [-0.1, -0.05) is 12.1 Å². The van der Waals surface area contributed by atoms with Gasteiger partial charge >= 0.3 is 5.69 Å². The van der Waals surface area contributed by atoms with Crippen molar-refractivity contribution in [2.45, 2.75) is 19.5 Å². The van der Waals surface area contributed by atoms with Crippen molar-refractivity contribution in [1.29, 1.82) is 0 Å². The molecule has 0 spiro atoms. The summed E-state index contributed by atoms with van der Waals surface area (Å²) in [5.41, 5.74) is 2.18. The van der Waals surface area contributed by atoms with Gasteiger partial charge in [-0.2, -0.15) is 0 Å². The number of nitrogens with zero attached hydrogens (tertiary/aromatic N) is 5. The molecule has 5 rings (SSSR count). The average Bonchev–Trinajstić information content (AvgIpc) is 3.51. The van der Waals surface area contributed by atoms with Crippen LogP contribution < -0.4 is 16.6 Å². The number of nitrogens with one attached hydrogen (secondary N) is 1. The summed E-state index contributed by atoms with van der Waals surface area (Å²) >= 11 is 1.43. The van der Waals surface area contributed by atoms with E-state index in [9.17, 15) is 19.2 Å². The Morgan fingerprint density at radius 1 is 1.12 bits per heavy atom. The largest absolute Gasteiger partial charge is 0.333 e. The lowest BCUT2D eigenvalue weighted by atomic mass is 9.99. The molecule has 1 aromatic carbocycles. The van der Waals surface area contributed by atoms with Crippen molar-refractivity contribution in [2.75, 3.05) is 11.9 Å². The SMILES string of the molecule is Cn1c(=O)c2c(ncn2CC(=O)Nc2ccc3c(c2)CN(C(=O)c2cccs2)CC3)n(C)c1=O. The molecule has 0 saturated heterocycles. The van der Waals surface area contributed by atoms with Crippen LogP contribution in [0.3, 0.4) is 0 Å². The summed E-state index contributed by atoms with van der Waals surface area (Å²) in [6.07, 6.45) is 2.13. The maximum atomic E-state index is 12.8. The monoisotopic (exact) mass is 478 g/mol. The van der Waals surface area contributed by atoms with Crippen LogP contribution in [0.25, 0.3) is 11.2 Å². The van der Waals surface area contributed by atoms with Gasteiger partial charge in [0.15, 0.2) is 11.2 Å². The van der Waals surface area contributed by atoms with E-state index in [1.54, 1.807) is 0 Å². The van der Waals surface area contributed by atoms with Crippen LogP contribution in [0.15, 0.2) is 51.6 Å². The third kappa shape index (κ3) is 3.73. The van der Waals surface area contributed by atoms with Crippen molar-refractivity contribution in [1.82, 2.24) is 23.6 Å². The van der Waals surface area contributed by atoms with Gasteiger partial charge < -0.3 is 14.8 Å². The van der Waals surface area contributed by atoms with Crippen LogP contribution in [0, 0.1) is 0 Å². The van der Waals surface area contributed by atoms with Crippen LogP contribution in [-0.4, -0.2) is 41.9 Å². The van der Waals surface area contributed by atoms with Crippen LogP contribution in [0.2, 0.25) is 0 Å². The van der Waals surface area contributed by atoms with Gasteiger partial charge in [0.05, 0.1) is 11.2 Å². The normalized spacial score (nSPS) is 13.2. The van der Waals surface area contributed by atoms with Crippen LogP contribution in [0.1, 0.15) is 20.8 Å². The number of thiophene rings is 1. The molecule has 10 nitrogen and oxygen atoms in total. The standard InChI is InChI=1S/C23H22N6O4S/c1-26-20-19(22(32)27(2)23(26)33)29(13-24-20)12-18(30)25-16-6-5-14-7-8-28(11-15(14)10-16)21(31)17-4-3-9-34-17/h3-6,9-10,13H,7-8,11-12H2,1-2H3,(H,25,30). The first-order chi connectivity index (χ1) is 16.3. The molecule has 174 valence electrons. The molecule has 4 aromatic rings. The van der Waals surface area contributed by atoms with Crippen LogP contribution in [0.5, 0.6) is 0 Å². The van der Waals surface area contributed by atoms with Gasteiger partial charge in [-0.15, -0.1) is 11.3 Å². The lowest BCUT2D eigenvalue weighted by Gasteiger charge is -2.29. The molecule has 0 fully saturated rings. The Hall–Kier alpha value is -3.99. The highest BCUT2D eigenvalue weighted by Gasteiger charge is 2.23. The van der Waals surface area contributed by atoms with Gasteiger partial charge in [-0.05, 0) is 41.1 Å². The van der Waals surface area contributed by atoms with Gasteiger partial charge in [0.1, 0.15) is 6.54 Å². The number of aromatic nitrogens is 4. The number of hydrogen-bond acceptors (Lipinski definition) is 6. The molecule has 2 amide bonds. The van der Waals surface area contributed by atoms with Crippen molar-refractivity contribution in [2.24, 2.45) is 14.1 Å². The Morgan fingerprint density at radius 2 is 1.94 bits per heavy atom. The molecular formula is C23H22N6O4S. The fourth-order valence-corrected chi connectivity index (χ4v) is 4.93. The zero-order valence-electron chi connectivity index (χ0n) is 18.6. The maximum absolute atomic E-state index is 12.8. The molecule has 0 saturated carbocycles.